The van der Waals surface area contributed by atoms with Gasteiger partial charge in [0.15, 0.2) is 5.03 Å². The molecule has 0 aromatic carbocycles. The van der Waals surface area contributed by atoms with Gasteiger partial charge in [-0.1, -0.05) is 0 Å². The fraction of sp³-hybridized carbons (Fsp3) is 0.250. The Kier molecular flexibility index (Phi) is 3.11. The van der Waals surface area contributed by atoms with E-state index in [0.29, 0.717) is 12.2 Å². The highest BCUT2D eigenvalue weighted by Crippen LogP contribution is 2.02. The van der Waals surface area contributed by atoms with Crippen LogP contribution in [-0.4, -0.2) is 34.9 Å². The number of nitrogens with one attached hydrogen (secondary N) is 2. The molecular formula is C8H12N6O2S. The first-order valence-electron chi connectivity index (χ1n) is 4.85. The zero-order valence-electron chi connectivity index (χ0n) is 8.87. The van der Waals surface area contributed by atoms with Crippen molar-refractivity contribution >= 4 is 15.7 Å². The van der Waals surface area contributed by atoms with E-state index >= 15 is 0 Å². The molecule has 0 fully saturated rings. The average molecular weight is 256 g/mol. The number of rotatable bonds is 5. The summed E-state index contributed by atoms with van der Waals surface area (Å²) in [5, 5.41) is 9.94. The molecule has 0 bridgehead atoms. The summed E-state index contributed by atoms with van der Waals surface area (Å²) in [5.41, 5.74) is 6.02. The van der Waals surface area contributed by atoms with E-state index in [0.717, 1.165) is 0 Å². The molecule has 2 heterocycles. The predicted octanol–water partition coefficient (Wildman–Crippen LogP) is -0.833. The van der Waals surface area contributed by atoms with Crippen molar-refractivity contribution in [3.8, 4) is 0 Å². The number of sulfonamides is 1. The van der Waals surface area contributed by atoms with Crippen LogP contribution in [0.4, 0.5) is 5.69 Å². The van der Waals surface area contributed by atoms with Gasteiger partial charge in [0.1, 0.15) is 0 Å². The van der Waals surface area contributed by atoms with E-state index in [1.165, 1.54) is 18.5 Å². The van der Waals surface area contributed by atoms with Crippen molar-refractivity contribution in [1.29, 1.82) is 0 Å². The lowest BCUT2D eigenvalue weighted by atomic mass is 10.6. The Bertz CT molecular complexity index is 573. The van der Waals surface area contributed by atoms with Crippen LogP contribution in [0.25, 0.3) is 0 Å². The van der Waals surface area contributed by atoms with Gasteiger partial charge in [-0.15, -0.1) is 0 Å². The summed E-state index contributed by atoms with van der Waals surface area (Å²) in [7, 11) is -3.52. The highest BCUT2D eigenvalue weighted by molar-refractivity contribution is 7.89. The molecule has 0 spiro atoms. The summed E-state index contributed by atoms with van der Waals surface area (Å²) in [6.45, 7) is 0.632. The molecule has 4 N–H and O–H groups in total. The summed E-state index contributed by atoms with van der Waals surface area (Å²) in [4.78, 5) is 0. The van der Waals surface area contributed by atoms with Crippen LogP contribution in [0, 0.1) is 0 Å². The standard InChI is InChI=1S/C8H12N6O2S/c9-7-5-11-14(6-7)4-3-12-17(15,16)8-1-2-10-13-8/h1-2,5-6,12H,3-4,9H2,(H,10,13). The highest BCUT2D eigenvalue weighted by atomic mass is 32.2. The van der Waals surface area contributed by atoms with E-state index in [4.69, 9.17) is 5.73 Å². The second-order valence-electron chi connectivity index (χ2n) is 3.36. The molecule has 2 rings (SSSR count). The van der Waals surface area contributed by atoms with Crippen LogP contribution in [0.1, 0.15) is 0 Å². The average Bonchev–Trinajstić information content (AvgIpc) is 2.89. The number of H-pyrrole nitrogens is 1. The topological polar surface area (TPSA) is 119 Å². The van der Waals surface area contributed by atoms with Gasteiger partial charge in [-0.3, -0.25) is 9.78 Å². The Morgan fingerprint density at radius 3 is 2.94 bits per heavy atom. The van der Waals surface area contributed by atoms with Gasteiger partial charge in [-0.05, 0) is 6.07 Å². The first kappa shape index (κ1) is 11.6. The maximum Gasteiger partial charge on any atom is 0.257 e. The van der Waals surface area contributed by atoms with E-state index in [1.54, 1.807) is 10.9 Å². The number of anilines is 1. The lowest BCUT2D eigenvalue weighted by molar-refractivity contribution is 0.557. The molecule has 0 saturated carbocycles. The monoisotopic (exact) mass is 256 g/mol. The molecule has 0 aliphatic rings. The largest absolute Gasteiger partial charge is 0.396 e. The van der Waals surface area contributed by atoms with Crippen LogP contribution < -0.4 is 10.5 Å². The molecule has 9 heteroatoms. The van der Waals surface area contributed by atoms with Gasteiger partial charge < -0.3 is 5.73 Å². The Morgan fingerprint density at radius 2 is 2.35 bits per heavy atom. The quantitative estimate of drug-likeness (QED) is 0.645. The van der Waals surface area contributed by atoms with Gasteiger partial charge in [0.05, 0.1) is 24.6 Å². The fourth-order valence-corrected chi connectivity index (χ4v) is 2.20. The van der Waals surface area contributed by atoms with Crippen LogP contribution in [-0.2, 0) is 16.6 Å². The Labute approximate surface area is 97.9 Å². The molecule has 0 aliphatic carbocycles. The van der Waals surface area contributed by atoms with E-state index in [2.05, 4.69) is 20.0 Å². The minimum absolute atomic E-state index is 0.0393. The zero-order valence-corrected chi connectivity index (χ0v) is 9.68. The Hall–Kier alpha value is -1.87. The van der Waals surface area contributed by atoms with Crippen LogP contribution in [0.15, 0.2) is 29.7 Å². The van der Waals surface area contributed by atoms with Gasteiger partial charge in [-0.2, -0.15) is 10.2 Å². The van der Waals surface area contributed by atoms with Gasteiger partial charge in [-0.25, -0.2) is 13.1 Å². The minimum atomic E-state index is -3.52. The molecule has 92 valence electrons. The van der Waals surface area contributed by atoms with Crippen molar-refractivity contribution in [3.05, 3.63) is 24.7 Å². The molecule has 0 unspecified atom stereocenters. The van der Waals surface area contributed by atoms with E-state index in [9.17, 15) is 8.42 Å². The summed E-state index contributed by atoms with van der Waals surface area (Å²) < 4.78 is 27.3. The van der Waals surface area contributed by atoms with Crippen molar-refractivity contribution in [2.45, 2.75) is 11.6 Å². The Balaban J connectivity index is 1.91. The molecule has 0 radical (unpaired) electrons. The molecule has 17 heavy (non-hydrogen) atoms. The van der Waals surface area contributed by atoms with E-state index in [1.807, 2.05) is 0 Å². The number of aromatic amines is 1. The number of nitrogens with zero attached hydrogens (tertiary/aromatic N) is 3. The number of aromatic nitrogens is 4. The molecule has 0 atom stereocenters. The van der Waals surface area contributed by atoms with Gasteiger partial charge in [0.25, 0.3) is 10.0 Å². The van der Waals surface area contributed by atoms with Crippen molar-refractivity contribution < 1.29 is 8.42 Å². The van der Waals surface area contributed by atoms with E-state index in [-0.39, 0.29) is 11.6 Å². The minimum Gasteiger partial charge on any atom is -0.396 e. The second-order valence-corrected chi connectivity index (χ2v) is 5.09. The number of hydrogen-bond acceptors (Lipinski definition) is 5. The first-order chi connectivity index (χ1) is 8.08. The third-order valence-electron chi connectivity index (χ3n) is 2.05. The van der Waals surface area contributed by atoms with Crippen LogP contribution in [0.5, 0.6) is 0 Å². The van der Waals surface area contributed by atoms with Crippen molar-refractivity contribution in [2.75, 3.05) is 12.3 Å². The van der Waals surface area contributed by atoms with Gasteiger partial charge in [0.2, 0.25) is 0 Å². The summed E-state index contributed by atoms with van der Waals surface area (Å²) >= 11 is 0. The lowest BCUT2D eigenvalue weighted by Crippen LogP contribution is -2.27. The SMILES string of the molecule is Nc1cnn(CCNS(=O)(=O)c2ccn[nH]2)c1. The summed E-state index contributed by atoms with van der Waals surface area (Å²) in [5.74, 6) is 0. The lowest BCUT2D eigenvalue weighted by Gasteiger charge is -2.04. The Morgan fingerprint density at radius 1 is 1.53 bits per heavy atom. The van der Waals surface area contributed by atoms with Gasteiger partial charge >= 0.3 is 0 Å². The van der Waals surface area contributed by atoms with Crippen molar-refractivity contribution in [3.63, 3.8) is 0 Å². The maximum atomic E-state index is 11.7. The number of nitrogens with two attached hydrogens (primary N) is 1. The third-order valence-corrected chi connectivity index (χ3v) is 3.44. The smallest absolute Gasteiger partial charge is 0.257 e. The third kappa shape index (κ3) is 2.82. The van der Waals surface area contributed by atoms with E-state index < -0.39 is 10.0 Å². The molecule has 0 amide bonds. The molecule has 2 aromatic rings. The predicted molar refractivity (Wildman–Crippen MR) is 60.4 cm³/mol. The molecular weight excluding hydrogens is 244 g/mol. The van der Waals surface area contributed by atoms with Crippen LogP contribution in [0.3, 0.4) is 0 Å². The second kappa shape index (κ2) is 4.55. The normalized spacial score (nSPS) is 11.8. The van der Waals surface area contributed by atoms with Crippen molar-refractivity contribution in [1.82, 2.24) is 24.7 Å². The fourth-order valence-electron chi connectivity index (χ4n) is 1.27. The molecule has 8 nitrogen and oxygen atoms in total. The molecule has 2 aromatic heterocycles. The highest BCUT2D eigenvalue weighted by Gasteiger charge is 2.14. The zero-order chi connectivity index (χ0) is 12.3. The van der Waals surface area contributed by atoms with Crippen LogP contribution in [0.2, 0.25) is 0 Å². The van der Waals surface area contributed by atoms with Crippen LogP contribution >= 0.6 is 0 Å². The van der Waals surface area contributed by atoms with Gasteiger partial charge in [0, 0.05) is 12.7 Å². The maximum absolute atomic E-state index is 11.7. The first-order valence-corrected chi connectivity index (χ1v) is 6.33. The summed E-state index contributed by atoms with van der Waals surface area (Å²) in [6, 6.07) is 1.38. The molecule has 0 saturated heterocycles. The molecule has 0 aliphatic heterocycles. The van der Waals surface area contributed by atoms with Crippen molar-refractivity contribution in [2.24, 2.45) is 0 Å². The number of hydrogen-bond donors (Lipinski definition) is 3. The summed E-state index contributed by atoms with van der Waals surface area (Å²) in [6.07, 6.45) is 4.51. The number of nitrogen functional groups attached to an aromatic ring is 1.